The summed E-state index contributed by atoms with van der Waals surface area (Å²) in [7, 11) is -1.88. The van der Waals surface area contributed by atoms with Gasteiger partial charge in [0.25, 0.3) is 0 Å². The minimum absolute atomic E-state index is 0.00695. The molecule has 1 N–H and O–H groups in total. The molecule has 0 spiro atoms. The molecule has 0 heterocycles. The largest absolute Gasteiger partial charge is 0.312 e. The van der Waals surface area contributed by atoms with Crippen LogP contribution in [0.2, 0.25) is 0 Å². The number of hydrogen-bond acceptors (Lipinski definition) is 3. The van der Waals surface area contributed by atoms with Crippen molar-refractivity contribution in [1.29, 1.82) is 0 Å². The van der Waals surface area contributed by atoms with Gasteiger partial charge in [0.1, 0.15) is 0 Å². The zero-order valence-corrected chi connectivity index (χ0v) is 19.4. The Hall–Kier alpha value is -2.70. The van der Waals surface area contributed by atoms with Crippen molar-refractivity contribution in [2.24, 2.45) is 0 Å². The van der Waals surface area contributed by atoms with E-state index in [1.165, 1.54) is 23.8 Å². The van der Waals surface area contributed by atoms with E-state index in [4.69, 9.17) is 0 Å². The summed E-state index contributed by atoms with van der Waals surface area (Å²) in [4.78, 5) is 14.2. The fourth-order valence-corrected chi connectivity index (χ4v) is 5.09. The number of likely N-dealkylation sites (N-methyl/N-ethyl adjacent to an activating group) is 1. The van der Waals surface area contributed by atoms with Crippen molar-refractivity contribution in [1.82, 2.24) is 4.72 Å². The lowest BCUT2D eigenvalue weighted by Crippen LogP contribution is -2.34. The maximum absolute atomic E-state index is 12.7. The quantitative estimate of drug-likeness (QED) is 0.436. The SMILES string of the molecule is CN(C(=O)C=CCC=Cc1ccccc1)c1ccc(S(=O)(=O)NC2CCCCCC2)cc1. The molecule has 32 heavy (non-hydrogen) atoms. The van der Waals surface area contributed by atoms with Gasteiger partial charge in [0, 0.05) is 18.8 Å². The lowest BCUT2D eigenvalue weighted by molar-refractivity contribution is -0.113. The van der Waals surface area contributed by atoms with Crippen molar-refractivity contribution in [3.8, 4) is 0 Å². The van der Waals surface area contributed by atoms with Crippen LogP contribution in [0.4, 0.5) is 5.69 Å². The van der Waals surface area contributed by atoms with Crippen molar-refractivity contribution < 1.29 is 13.2 Å². The Labute approximate surface area is 191 Å². The molecule has 0 saturated heterocycles. The smallest absolute Gasteiger partial charge is 0.250 e. The number of carbonyl (C=O) groups is 1. The Balaban J connectivity index is 1.54. The van der Waals surface area contributed by atoms with Crippen molar-refractivity contribution >= 4 is 27.7 Å². The molecule has 2 aromatic rings. The molecule has 0 aromatic heterocycles. The van der Waals surface area contributed by atoms with Gasteiger partial charge in [-0.15, -0.1) is 0 Å². The maximum Gasteiger partial charge on any atom is 0.250 e. The number of anilines is 1. The second-order valence-corrected chi connectivity index (χ2v) is 9.87. The Bertz CT molecular complexity index is 1020. The first-order valence-electron chi connectivity index (χ1n) is 11.2. The summed E-state index contributed by atoms with van der Waals surface area (Å²) in [6.07, 6.45) is 14.3. The molecule has 0 radical (unpaired) electrons. The number of carbonyl (C=O) groups excluding carboxylic acids is 1. The highest BCUT2D eigenvalue weighted by Crippen LogP contribution is 2.21. The summed E-state index contributed by atoms with van der Waals surface area (Å²) in [5.41, 5.74) is 1.76. The zero-order valence-electron chi connectivity index (χ0n) is 18.6. The minimum Gasteiger partial charge on any atom is -0.312 e. The summed E-state index contributed by atoms with van der Waals surface area (Å²) in [6, 6.07) is 16.5. The Morgan fingerprint density at radius 1 is 0.969 bits per heavy atom. The molecule has 1 fully saturated rings. The minimum atomic E-state index is -3.56. The van der Waals surface area contributed by atoms with Gasteiger partial charge in [0.15, 0.2) is 0 Å². The van der Waals surface area contributed by atoms with Crippen LogP contribution in [0.15, 0.2) is 77.7 Å². The van der Waals surface area contributed by atoms with Crippen molar-refractivity contribution in [3.05, 3.63) is 78.4 Å². The molecular formula is C26H32N2O3S. The van der Waals surface area contributed by atoms with Gasteiger partial charge < -0.3 is 4.90 Å². The summed E-state index contributed by atoms with van der Waals surface area (Å²) in [5, 5.41) is 0. The Morgan fingerprint density at radius 3 is 2.28 bits per heavy atom. The van der Waals surface area contributed by atoms with Crippen LogP contribution in [-0.2, 0) is 14.8 Å². The van der Waals surface area contributed by atoms with Crippen LogP contribution >= 0.6 is 0 Å². The van der Waals surface area contributed by atoms with E-state index in [2.05, 4.69) is 4.72 Å². The lowest BCUT2D eigenvalue weighted by atomic mass is 10.1. The molecule has 5 nitrogen and oxygen atoms in total. The molecular weight excluding hydrogens is 420 g/mol. The van der Waals surface area contributed by atoms with Crippen LogP contribution in [0.3, 0.4) is 0 Å². The maximum atomic E-state index is 12.7. The second kappa shape index (κ2) is 11.8. The predicted octanol–water partition coefficient (Wildman–Crippen LogP) is 5.31. The molecule has 0 bridgehead atoms. The highest BCUT2D eigenvalue weighted by Gasteiger charge is 2.21. The molecule has 3 rings (SSSR count). The summed E-state index contributed by atoms with van der Waals surface area (Å²) in [5.74, 6) is -0.162. The first-order chi connectivity index (χ1) is 15.5. The topological polar surface area (TPSA) is 66.5 Å². The zero-order chi connectivity index (χ0) is 22.8. The first kappa shape index (κ1) is 24.0. The van der Waals surface area contributed by atoms with Crippen LogP contribution in [0, 0.1) is 0 Å². The molecule has 0 atom stereocenters. The van der Waals surface area contributed by atoms with Gasteiger partial charge in [-0.2, -0.15) is 0 Å². The fourth-order valence-electron chi connectivity index (χ4n) is 3.79. The van der Waals surface area contributed by atoms with Gasteiger partial charge in [-0.05, 0) is 55.2 Å². The second-order valence-electron chi connectivity index (χ2n) is 8.15. The molecule has 170 valence electrons. The monoisotopic (exact) mass is 452 g/mol. The van der Waals surface area contributed by atoms with Crippen molar-refractivity contribution in [2.45, 2.75) is 55.9 Å². The average molecular weight is 453 g/mol. The van der Waals surface area contributed by atoms with E-state index >= 15 is 0 Å². The van der Waals surface area contributed by atoms with Crippen molar-refractivity contribution in [3.63, 3.8) is 0 Å². The Morgan fingerprint density at radius 2 is 1.62 bits per heavy atom. The van der Waals surface area contributed by atoms with E-state index in [-0.39, 0.29) is 16.8 Å². The summed E-state index contributed by atoms with van der Waals surface area (Å²) < 4.78 is 28.3. The van der Waals surface area contributed by atoms with Crippen LogP contribution in [-0.4, -0.2) is 27.4 Å². The Kier molecular flexibility index (Phi) is 8.82. The summed E-state index contributed by atoms with van der Waals surface area (Å²) >= 11 is 0. The normalized spacial score (nSPS) is 15.8. The molecule has 6 heteroatoms. The molecule has 2 aromatic carbocycles. The average Bonchev–Trinajstić information content (AvgIpc) is 3.07. The van der Waals surface area contributed by atoms with E-state index in [9.17, 15) is 13.2 Å². The standard InChI is InChI=1S/C26H32N2O3S/c1-28(26(29)17-11-5-8-14-22-12-6-4-7-13-22)24-18-20-25(21-19-24)32(30,31)27-23-15-9-2-3-10-16-23/h4,6-8,11-14,17-21,23,27H,2-3,5,9-10,15-16H2,1H3. The molecule has 0 unspecified atom stereocenters. The van der Waals surface area contributed by atoms with E-state index in [0.717, 1.165) is 31.2 Å². The van der Waals surface area contributed by atoms with Gasteiger partial charge in [-0.1, -0.05) is 74.2 Å². The van der Waals surface area contributed by atoms with Crippen LogP contribution < -0.4 is 9.62 Å². The van der Waals surface area contributed by atoms with E-state index in [0.29, 0.717) is 12.1 Å². The number of hydrogen-bond donors (Lipinski definition) is 1. The number of benzene rings is 2. The van der Waals surface area contributed by atoms with Gasteiger partial charge in [-0.25, -0.2) is 13.1 Å². The predicted molar refractivity (Wildman–Crippen MR) is 131 cm³/mol. The van der Waals surface area contributed by atoms with Crippen LogP contribution in [0.1, 0.15) is 50.5 Å². The highest BCUT2D eigenvalue weighted by molar-refractivity contribution is 7.89. The third-order valence-electron chi connectivity index (χ3n) is 5.68. The first-order valence-corrected chi connectivity index (χ1v) is 12.7. The lowest BCUT2D eigenvalue weighted by Gasteiger charge is -2.18. The van der Waals surface area contributed by atoms with Crippen molar-refractivity contribution in [2.75, 3.05) is 11.9 Å². The van der Waals surface area contributed by atoms with Crippen LogP contribution in [0.5, 0.6) is 0 Å². The van der Waals surface area contributed by atoms with E-state index in [1.54, 1.807) is 31.3 Å². The third kappa shape index (κ3) is 7.18. The molecule has 1 aliphatic rings. The summed E-state index contributed by atoms with van der Waals surface area (Å²) in [6.45, 7) is 0. The van der Waals surface area contributed by atoms with Gasteiger partial charge in [-0.3, -0.25) is 4.79 Å². The number of rotatable bonds is 8. The van der Waals surface area contributed by atoms with E-state index in [1.807, 2.05) is 48.6 Å². The molecule has 1 aliphatic carbocycles. The van der Waals surface area contributed by atoms with Gasteiger partial charge in [0.05, 0.1) is 4.90 Å². The van der Waals surface area contributed by atoms with Gasteiger partial charge >= 0.3 is 0 Å². The van der Waals surface area contributed by atoms with E-state index < -0.39 is 10.0 Å². The highest BCUT2D eigenvalue weighted by atomic mass is 32.2. The number of sulfonamides is 1. The molecule has 1 amide bonds. The van der Waals surface area contributed by atoms with Gasteiger partial charge in [0.2, 0.25) is 15.9 Å². The number of nitrogens with zero attached hydrogens (tertiary/aromatic N) is 1. The van der Waals surface area contributed by atoms with Crippen LogP contribution in [0.25, 0.3) is 6.08 Å². The number of amides is 1. The fraction of sp³-hybridized carbons (Fsp3) is 0.346. The third-order valence-corrected chi connectivity index (χ3v) is 7.22. The molecule has 0 aliphatic heterocycles. The number of allylic oxidation sites excluding steroid dienone is 2. The number of nitrogens with one attached hydrogen (secondary N) is 1. The molecule has 1 saturated carbocycles.